The first kappa shape index (κ1) is 13.5. The SMILES string of the molecule is COc1cccc(-c2ccc3c(c2)NC(=O)OC3(C)C)c1. The van der Waals surface area contributed by atoms with E-state index in [0.29, 0.717) is 0 Å². The van der Waals surface area contributed by atoms with Gasteiger partial charge in [0.25, 0.3) is 0 Å². The number of amides is 1. The zero-order valence-corrected chi connectivity index (χ0v) is 12.3. The highest BCUT2D eigenvalue weighted by atomic mass is 16.6. The van der Waals surface area contributed by atoms with Crippen molar-refractivity contribution in [3.63, 3.8) is 0 Å². The van der Waals surface area contributed by atoms with E-state index in [9.17, 15) is 4.79 Å². The lowest BCUT2D eigenvalue weighted by Crippen LogP contribution is -2.34. The number of hydrogen-bond donors (Lipinski definition) is 1. The third-order valence-corrected chi connectivity index (χ3v) is 3.66. The quantitative estimate of drug-likeness (QED) is 0.900. The van der Waals surface area contributed by atoms with Crippen molar-refractivity contribution in [3.8, 4) is 16.9 Å². The van der Waals surface area contributed by atoms with Gasteiger partial charge in [-0.15, -0.1) is 0 Å². The van der Waals surface area contributed by atoms with Crippen LogP contribution in [0.2, 0.25) is 0 Å². The van der Waals surface area contributed by atoms with E-state index in [2.05, 4.69) is 5.32 Å². The summed E-state index contributed by atoms with van der Waals surface area (Å²) in [7, 11) is 1.64. The van der Waals surface area contributed by atoms with Crippen LogP contribution in [0.25, 0.3) is 11.1 Å². The average Bonchev–Trinajstić information content (AvgIpc) is 2.45. The molecule has 0 fully saturated rings. The van der Waals surface area contributed by atoms with Crippen LogP contribution in [-0.2, 0) is 10.3 Å². The molecule has 108 valence electrons. The summed E-state index contributed by atoms with van der Waals surface area (Å²) in [5, 5.41) is 2.76. The molecule has 0 spiro atoms. The first-order valence-corrected chi connectivity index (χ1v) is 6.78. The van der Waals surface area contributed by atoms with Crippen LogP contribution in [0, 0.1) is 0 Å². The number of anilines is 1. The van der Waals surface area contributed by atoms with Crippen LogP contribution in [0.3, 0.4) is 0 Å². The standard InChI is InChI=1S/C17H17NO3/c1-17(2)14-8-7-12(10-15(14)18-16(19)21-17)11-5-4-6-13(9-11)20-3/h4-10H,1-3H3,(H,18,19). The normalized spacial score (nSPS) is 15.7. The fourth-order valence-electron chi connectivity index (χ4n) is 2.58. The Kier molecular flexibility index (Phi) is 3.09. The van der Waals surface area contributed by atoms with E-state index in [1.165, 1.54) is 0 Å². The molecule has 1 amide bonds. The van der Waals surface area contributed by atoms with E-state index >= 15 is 0 Å². The van der Waals surface area contributed by atoms with Gasteiger partial charge in [-0.3, -0.25) is 5.32 Å². The summed E-state index contributed by atoms with van der Waals surface area (Å²) in [6.07, 6.45) is -0.421. The van der Waals surface area contributed by atoms with Gasteiger partial charge in [0.1, 0.15) is 11.4 Å². The molecule has 0 radical (unpaired) electrons. The first-order chi connectivity index (χ1) is 9.99. The van der Waals surface area contributed by atoms with Crippen molar-refractivity contribution >= 4 is 11.8 Å². The number of hydrogen-bond acceptors (Lipinski definition) is 3. The second kappa shape index (κ2) is 4.81. The molecule has 0 bridgehead atoms. The number of benzene rings is 2. The van der Waals surface area contributed by atoms with E-state index in [1.54, 1.807) is 7.11 Å². The molecule has 0 saturated heterocycles. The van der Waals surface area contributed by atoms with E-state index in [4.69, 9.17) is 9.47 Å². The molecule has 0 saturated carbocycles. The molecule has 2 aromatic carbocycles. The summed E-state index contributed by atoms with van der Waals surface area (Å²) in [5.41, 5.74) is 3.19. The Morgan fingerprint density at radius 2 is 1.86 bits per heavy atom. The highest BCUT2D eigenvalue weighted by Crippen LogP contribution is 2.38. The van der Waals surface area contributed by atoms with E-state index in [1.807, 2.05) is 56.3 Å². The maximum absolute atomic E-state index is 11.6. The predicted octanol–water partition coefficient (Wildman–Crippen LogP) is 4.16. The van der Waals surface area contributed by atoms with Gasteiger partial charge in [0.05, 0.1) is 12.8 Å². The number of rotatable bonds is 2. The molecule has 1 aliphatic rings. The second-order valence-electron chi connectivity index (χ2n) is 5.52. The molecule has 1 aliphatic heterocycles. The summed E-state index contributed by atoms with van der Waals surface area (Å²) in [6.45, 7) is 3.77. The Hall–Kier alpha value is -2.49. The number of nitrogens with one attached hydrogen (secondary N) is 1. The van der Waals surface area contributed by atoms with Crippen LogP contribution in [0.1, 0.15) is 19.4 Å². The molecule has 0 aromatic heterocycles. The molecule has 1 heterocycles. The molecule has 0 atom stereocenters. The Morgan fingerprint density at radius 3 is 2.62 bits per heavy atom. The third kappa shape index (κ3) is 2.44. The lowest BCUT2D eigenvalue weighted by Gasteiger charge is -2.32. The van der Waals surface area contributed by atoms with Gasteiger partial charge in [0.15, 0.2) is 0 Å². The van der Waals surface area contributed by atoms with Crippen molar-refractivity contribution in [3.05, 3.63) is 48.0 Å². The predicted molar refractivity (Wildman–Crippen MR) is 81.6 cm³/mol. The molecule has 1 N–H and O–H groups in total. The van der Waals surface area contributed by atoms with Gasteiger partial charge in [0.2, 0.25) is 0 Å². The zero-order valence-electron chi connectivity index (χ0n) is 12.3. The molecule has 3 rings (SSSR count). The van der Waals surface area contributed by atoms with Crippen LogP contribution in [0.5, 0.6) is 5.75 Å². The molecule has 21 heavy (non-hydrogen) atoms. The maximum Gasteiger partial charge on any atom is 0.412 e. The Morgan fingerprint density at radius 1 is 1.10 bits per heavy atom. The molecule has 4 heteroatoms. The van der Waals surface area contributed by atoms with Crippen molar-refractivity contribution in [2.45, 2.75) is 19.4 Å². The zero-order chi connectivity index (χ0) is 15.0. The fraction of sp³-hybridized carbons (Fsp3) is 0.235. The van der Waals surface area contributed by atoms with Crippen molar-refractivity contribution in [1.29, 1.82) is 0 Å². The topological polar surface area (TPSA) is 47.6 Å². The molecule has 4 nitrogen and oxygen atoms in total. The number of methoxy groups -OCH3 is 1. The first-order valence-electron chi connectivity index (χ1n) is 6.78. The van der Waals surface area contributed by atoms with Crippen LogP contribution in [-0.4, -0.2) is 13.2 Å². The Balaban J connectivity index is 2.07. The average molecular weight is 283 g/mol. The van der Waals surface area contributed by atoms with Crippen LogP contribution < -0.4 is 10.1 Å². The van der Waals surface area contributed by atoms with Gasteiger partial charge in [-0.05, 0) is 43.2 Å². The van der Waals surface area contributed by atoms with E-state index < -0.39 is 11.7 Å². The molecule has 2 aromatic rings. The van der Waals surface area contributed by atoms with Crippen LogP contribution in [0.15, 0.2) is 42.5 Å². The van der Waals surface area contributed by atoms with Gasteiger partial charge >= 0.3 is 6.09 Å². The number of carbonyl (C=O) groups excluding carboxylic acids is 1. The molecular weight excluding hydrogens is 266 g/mol. The van der Waals surface area contributed by atoms with Gasteiger partial charge in [-0.1, -0.05) is 24.3 Å². The lowest BCUT2D eigenvalue weighted by molar-refractivity contribution is 0.0420. The van der Waals surface area contributed by atoms with Gasteiger partial charge in [0, 0.05) is 5.56 Å². The lowest BCUT2D eigenvalue weighted by atomic mass is 9.92. The minimum atomic E-state index is -0.620. The summed E-state index contributed by atoms with van der Waals surface area (Å²) in [5.74, 6) is 0.804. The van der Waals surface area contributed by atoms with Crippen molar-refractivity contribution < 1.29 is 14.3 Å². The largest absolute Gasteiger partial charge is 0.497 e. The van der Waals surface area contributed by atoms with Crippen molar-refractivity contribution in [2.75, 3.05) is 12.4 Å². The molecule has 0 aliphatic carbocycles. The van der Waals surface area contributed by atoms with Gasteiger partial charge < -0.3 is 9.47 Å². The Labute approximate surface area is 123 Å². The molecular formula is C17H17NO3. The minimum Gasteiger partial charge on any atom is -0.497 e. The monoisotopic (exact) mass is 283 g/mol. The van der Waals surface area contributed by atoms with Crippen molar-refractivity contribution in [2.24, 2.45) is 0 Å². The summed E-state index contributed by atoms with van der Waals surface area (Å²) in [4.78, 5) is 11.6. The number of fused-ring (bicyclic) bond motifs is 1. The van der Waals surface area contributed by atoms with Gasteiger partial charge in [-0.25, -0.2) is 4.79 Å². The highest BCUT2D eigenvalue weighted by molar-refractivity contribution is 5.90. The van der Waals surface area contributed by atoms with Crippen molar-refractivity contribution in [1.82, 2.24) is 0 Å². The maximum atomic E-state index is 11.6. The number of ether oxygens (including phenoxy) is 2. The van der Waals surface area contributed by atoms with Crippen LogP contribution in [0.4, 0.5) is 10.5 Å². The smallest absolute Gasteiger partial charge is 0.412 e. The number of carbonyl (C=O) groups is 1. The third-order valence-electron chi connectivity index (χ3n) is 3.66. The van der Waals surface area contributed by atoms with E-state index in [0.717, 1.165) is 28.1 Å². The minimum absolute atomic E-state index is 0.421. The van der Waals surface area contributed by atoms with Crippen LogP contribution >= 0.6 is 0 Å². The Bertz CT molecular complexity index is 707. The number of cyclic esters (lactones) is 1. The molecule has 0 unspecified atom stereocenters. The van der Waals surface area contributed by atoms with Gasteiger partial charge in [-0.2, -0.15) is 0 Å². The van der Waals surface area contributed by atoms with E-state index in [-0.39, 0.29) is 0 Å². The second-order valence-corrected chi connectivity index (χ2v) is 5.52. The fourth-order valence-corrected chi connectivity index (χ4v) is 2.58. The summed E-state index contributed by atoms with van der Waals surface area (Å²) in [6, 6.07) is 13.8. The highest BCUT2D eigenvalue weighted by Gasteiger charge is 2.33. The summed E-state index contributed by atoms with van der Waals surface area (Å²) >= 11 is 0. The summed E-state index contributed by atoms with van der Waals surface area (Å²) < 4.78 is 10.6.